The monoisotopic (exact) mass is 299 g/mol. The summed E-state index contributed by atoms with van der Waals surface area (Å²) >= 11 is -1.43. The van der Waals surface area contributed by atoms with Gasteiger partial charge in [0.25, 0.3) is 11.8 Å². The fraction of sp³-hybridized carbons (Fsp3) is 0.125. The Hall–Kier alpha value is -2.11. The number of carbonyl (C=O) groups is 2. The maximum absolute atomic E-state index is 12.3. The van der Waals surface area contributed by atoms with Crippen molar-refractivity contribution in [2.75, 3.05) is 5.88 Å². The Morgan fingerprint density at radius 1 is 0.952 bits per heavy atom. The van der Waals surface area contributed by atoms with Crippen LogP contribution in [0.1, 0.15) is 26.3 Å². The van der Waals surface area contributed by atoms with Crippen LogP contribution < -0.4 is 0 Å². The minimum Gasteiger partial charge on any atom is -0.610 e. The van der Waals surface area contributed by atoms with E-state index in [2.05, 4.69) is 0 Å². The van der Waals surface area contributed by atoms with E-state index in [0.29, 0.717) is 16.0 Å². The fourth-order valence-corrected chi connectivity index (χ4v) is 3.30. The minimum absolute atomic E-state index is 0.116. The fourth-order valence-electron chi connectivity index (χ4n) is 2.24. The molecule has 2 amide bonds. The number of nitrogens with zero attached hydrogens (tertiary/aromatic N) is 1. The summed E-state index contributed by atoms with van der Waals surface area (Å²) in [5.41, 5.74) is 1.82. The Labute approximate surface area is 125 Å². The molecule has 0 aliphatic carbocycles. The van der Waals surface area contributed by atoms with Gasteiger partial charge in [0.05, 0.1) is 11.1 Å². The second-order valence-corrected chi connectivity index (χ2v) is 6.29. The average Bonchev–Trinajstić information content (AvgIpc) is 2.73. The summed E-state index contributed by atoms with van der Waals surface area (Å²) in [4.78, 5) is 26.1. The molecule has 4 nitrogen and oxygen atoms in total. The number of rotatable bonds is 3. The molecular weight excluding hydrogens is 286 g/mol. The Morgan fingerprint density at radius 2 is 1.48 bits per heavy atom. The standard InChI is InChI=1S/C16H13NO3S/c1-11-6-8-12(9-7-11)21(20)10-17-15(18)13-4-2-3-5-14(13)16(17)19/h2-9H,10H2,1H3. The third-order valence-corrected chi connectivity index (χ3v) is 4.70. The highest BCUT2D eigenvalue weighted by atomic mass is 32.2. The van der Waals surface area contributed by atoms with Crippen molar-refractivity contribution in [3.63, 3.8) is 0 Å². The summed E-state index contributed by atoms with van der Waals surface area (Å²) < 4.78 is 12.3. The highest BCUT2D eigenvalue weighted by Gasteiger charge is 2.37. The summed E-state index contributed by atoms with van der Waals surface area (Å²) in [5.74, 6) is -0.873. The first-order valence-corrected chi connectivity index (χ1v) is 7.80. The van der Waals surface area contributed by atoms with Crippen molar-refractivity contribution in [2.24, 2.45) is 0 Å². The molecule has 21 heavy (non-hydrogen) atoms. The van der Waals surface area contributed by atoms with E-state index < -0.39 is 11.2 Å². The third kappa shape index (κ3) is 2.46. The molecule has 1 atom stereocenters. The van der Waals surface area contributed by atoms with Crippen LogP contribution in [0.15, 0.2) is 53.4 Å². The molecular formula is C16H13NO3S. The summed E-state index contributed by atoms with van der Waals surface area (Å²) in [6, 6.07) is 13.9. The van der Waals surface area contributed by atoms with Gasteiger partial charge in [-0.3, -0.25) is 9.59 Å². The van der Waals surface area contributed by atoms with E-state index in [9.17, 15) is 14.1 Å². The van der Waals surface area contributed by atoms with Gasteiger partial charge in [0, 0.05) is 11.2 Å². The third-order valence-electron chi connectivity index (χ3n) is 3.41. The van der Waals surface area contributed by atoms with Gasteiger partial charge in [-0.05, 0) is 31.2 Å². The highest BCUT2D eigenvalue weighted by Crippen LogP contribution is 2.24. The van der Waals surface area contributed by atoms with Gasteiger partial charge in [-0.2, -0.15) is 0 Å². The first-order chi connectivity index (χ1) is 10.1. The largest absolute Gasteiger partial charge is 0.610 e. The van der Waals surface area contributed by atoms with Crippen molar-refractivity contribution in [3.8, 4) is 0 Å². The van der Waals surface area contributed by atoms with Crippen LogP contribution in [0.4, 0.5) is 0 Å². The van der Waals surface area contributed by atoms with Gasteiger partial charge < -0.3 is 4.55 Å². The van der Waals surface area contributed by atoms with E-state index in [1.807, 2.05) is 19.1 Å². The number of amides is 2. The molecule has 1 unspecified atom stereocenters. The lowest BCUT2D eigenvalue weighted by atomic mass is 10.1. The molecule has 2 aromatic carbocycles. The van der Waals surface area contributed by atoms with E-state index in [0.717, 1.165) is 10.5 Å². The van der Waals surface area contributed by atoms with Crippen LogP contribution in [-0.2, 0) is 11.2 Å². The van der Waals surface area contributed by atoms with Crippen molar-refractivity contribution >= 4 is 23.0 Å². The van der Waals surface area contributed by atoms with Crippen LogP contribution in [0, 0.1) is 6.92 Å². The van der Waals surface area contributed by atoms with Crippen LogP contribution in [0.2, 0.25) is 0 Å². The van der Waals surface area contributed by atoms with Crippen LogP contribution >= 0.6 is 0 Å². The number of carbonyl (C=O) groups excluding carboxylic acids is 2. The zero-order valence-corrected chi connectivity index (χ0v) is 12.2. The minimum atomic E-state index is -1.43. The van der Waals surface area contributed by atoms with Gasteiger partial charge in [-0.15, -0.1) is 0 Å². The second-order valence-electron chi connectivity index (χ2n) is 4.87. The Balaban J connectivity index is 1.82. The predicted molar refractivity (Wildman–Crippen MR) is 79.4 cm³/mol. The average molecular weight is 299 g/mol. The number of hydrogen-bond donors (Lipinski definition) is 0. The van der Waals surface area contributed by atoms with Crippen LogP contribution in [0.25, 0.3) is 0 Å². The predicted octanol–water partition coefficient (Wildman–Crippen LogP) is 2.36. The Morgan fingerprint density at radius 3 is 2.00 bits per heavy atom. The van der Waals surface area contributed by atoms with Crippen molar-refractivity contribution < 1.29 is 14.1 Å². The number of imide groups is 1. The number of benzene rings is 2. The molecule has 3 rings (SSSR count). The Bertz CT molecular complexity index is 677. The lowest BCUT2D eigenvalue weighted by Crippen LogP contribution is -2.34. The highest BCUT2D eigenvalue weighted by molar-refractivity contribution is 7.91. The SMILES string of the molecule is Cc1ccc([S+]([O-])CN2C(=O)c3ccccc3C2=O)cc1. The van der Waals surface area contributed by atoms with Crippen LogP contribution in [-0.4, -0.2) is 27.1 Å². The molecule has 0 saturated carbocycles. The summed E-state index contributed by atoms with van der Waals surface area (Å²) in [7, 11) is 0. The molecule has 5 heteroatoms. The molecule has 0 fully saturated rings. The van der Waals surface area contributed by atoms with Crippen molar-refractivity contribution in [3.05, 3.63) is 65.2 Å². The maximum Gasteiger partial charge on any atom is 0.265 e. The molecule has 1 heterocycles. The van der Waals surface area contributed by atoms with Gasteiger partial charge >= 0.3 is 0 Å². The van der Waals surface area contributed by atoms with Crippen molar-refractivity contribution in [2.45, 2.75) is 11.8 Å². The molecule has 0 aromatic heterocycles. The van der Waals surface area contributed by atoms with Gasteiger partial charge in [0.2, 0.25) is 0 Å². The summed E-state index contributed by atoms with van der Waals surface area (Å²) in [6.07, 6.45) is 0. The molecule has 0 saturated heterocycles. The molecule has 1 aliphatic rings. The lowest BCUT2D eigenvalue weighted by Gasteiger charge is -2.17. The molecule has 2 aromatic rings. The zero-order valence-electron chi connectivity index (χ0n) is 11.4. The van der Waals surface area contributed by atoms with Crippen molar-refractivity contribution in [1.29, 1.82) is 0 Å². The van der Waals surface area contributed by atoms with Gasteiger partial charge in [0.1, 0.15) is 0 Å². The normalized spacial score (nSPS) is 15.2. The summed E-state index contributed by atoms with van der Waals surface area (Å²) in [5, 5.41) is 0. The van der Waals surface area contributed by atoms with Crippen molar-refractivity contribution in [1.82, 2.24) is 4.90 Å². The molecule has 0 bridgehead atoms. The summed E-state index contributed by atoms with van der Waals surface area (Å²) in [6.45, 7) is 1.94. The van der Waals surface area contributed by atoms with E-state index in [1.165, 1.54) is 0 Å². The molecule has 1 aliphatic heterocycles. The van der Waals surface area contributed by atoms with Crippen LogP contribution in [0.5, 0.6) is 0 Å². The maximum atomic E-state index is 12.3. The van der Waals surface area contributed by atoms with E-state index in [-0.39, 0.29) is 17.7 Å². The number of aryl methyl sites for hydroxylation is 1. The lowest BCUT2D eigenvalue weighted by molar-refractivity contribution is 0.0680. The zero-order chi connectivity index (χ0) is 15.0. The first-order valence-electron chi connectivity index (χ1n) is 6.48. The van der Waals surface area contributed by atoms with Gasteiger partial charge in [-0.1, -0.05) is 29.8 Å². The number of fused-ring (bicyclic) bond motifs is 1. The number of hydrogen-bond acceptors (Lipinski definition) is 3. The Kier molecular flexibility index (Phi) is 3.53. The molecule has 0 radical (unpaired) electrons. The smallest absolute Gasteiger partial charge is 0.265 e. The topological polar surface area (TPSA) is 60.4 Å². The van der Waals surface area contributed by atoms with Gasteiger partial charge in [0.15, 0.2) is 10.8 Å². The van der Waals surface area contributed by atoms with Gasteiger partial charge in [-0.25, -0.2) is 4.90 Å². The van der Waals surface area contributed by atoms with E-state index in [1.54, 1.807) is 36.4 Å². The molecule has 106 valence electrons. The first kappa shape index (κ1) is 13.9. The van der Waals surface area contributed by atoms with E-state index in [4.69, 9.17) is 0 Å². The molecule has 0 spiro atoms. The second kappa shape index (κ2) is 5.35. The van der Waals surface area contributed by atoms with Crippen LogP contribution in [0.3, 0.4) is 0 Å². The quantitative estimate of drug-likeness (QED) is 0.645. The molecule has 0 N–H and O–H groups in total. The van der Waals surface area contributed by atoms with E-state index >= 15 is 0 Å².